The zero-order valence-corrected chi connectivity index (χ0v) is 14.2. The molecule has 0 aromatic heterocycles. The van der Waals surface area contributed by atoms with Crippen LogP contribution in [0.2, 0.25) is 0 Å². The summed E-state index contributed by atoms with van der Waals surface area (Å²) in [6.45, 7) is 3.85. The second-order valence-electron chi connectivity index (χ2n) is 5.14. The van der Waals surface area contributed by atoms with E-state index in [9.17, 15) is 0 Å². The Morgan fingerprint density at radius 1 is 1.33 bits per heavy atom. The molecule has 118 valence electrons. The highest BCUT2D eigenvalue weighted by molar-refractivity contribution is 9.10. The number of methoxy groups -OCH3 is 1. The summed E-state index contributed by atoms with van der Waals surface area (Å²) in [5, 5.41) is 3.62. The molecule has 1 N–H and O–H groups in total. The van der Waals surface area contributed by atoms with Gasteiger partial charge in [0, 0.05) is 29.8 Å². The van der Waals surface area contributed by atoms with Crippen molar-refractivity contribution in [3.63, 3.8) is 0 Å². The molecule has 1 aromatic rings. The third-order valence-corrected chi connectivity index (χ3v) is 4.03. The molecule has 5 heteroatoms. The van der Waals surface area contributed by atoms with Crippen molar-refractivity contribution in [3.8, 4) is 5.75 Å². The second kappa shape index (κ2) is 9.41. The lowest BCUT2D eigenvalue weighted by molar-refractivity contribution is 0.0692. The first-order valence-electron chi connectivity index (χ1n) is 7.53. The van der Waals surface area contributed by atoms with Crippen LogP contribution in [0.15, 0.2) is 22.7 Å². The molecule has 1 aliphatic heterocycles. The Morgan fingerprint density at radius 2 is 2.24 bits per heavy atom. The topological polar surface area (TPSA) is 39.7 Å². The maximum Gasteiger partial charge on any atom is 0.125 e. The predicted octanol–water partition coefficient (Wildman–Crippen LogP) is 3.31. The summed E-state index contributed by atoms with van der Waals surface area (Å²) in [6.07, 6.45) is 3.19. The number of rotatable bonds is 8. The van der Waals surface area contributed by atoms with E-state index in [2.05, 4.69) is 39.4 Å². The van der Waals surface area contributed by atoms with E-state index >= 15 is 0 Å². The van der Waals surface area contributed by atoms with E-state index in [1.54, 1.807) is 7.11 Å². The minimum Gasteiger partial charge on any atom is -0.493 e. The van der Waals surface area contributed by atoms with Gasteiger partial charge in [-0.25, -0.2) is 0 Å². The van der Waals surface area contributed by atoms with Crippen LogP contribution in [0.25, 0.3) is 0 Å². The maximum atomic E-state index is 5.82. The highest BCUT2D eigenvalue weighted by atomic mass is 79.9. The fraction of sp³-hybridized carbons (Fsp3) is 0.625. The summed E-state index contributed by atoms with van der Waals surface area (Å²) in [7, 11) is 1.69. The van der Waals surface area contributed by atoms with Crippen LogP contribution in [0.3, 0.4) is 0 Å². The Balaban J connectivity index is 1.78. The van der Waals surface area contributed by atoms with Crippen LogP contribution in [0.5, 0.6) is 5.75 Å². The second-order valence-corrected chi connectivity index (χ2v) is 6.05. The average molecular weight is 358 g/mol. The lowest BCUT2D eigenvalue weighted by Crippen LogP contribution is -2.23. The zero-order chi connectivity index (χ0) is 14.9. The molecule has 0 saturated carbocycles. The zero-order valence-electron chi connectivity index (χ0n) is 12.6. The van der Waals surface area contributed by atoms with Crippen molar-refractivity contribution in [2.45, 2.75) is 25.3 Å². The summed E-state index contributed by atoms with van der Waals surface area (Å²) >= 11 is 3.50. The molecule has 0 amide bonds. The van der Waals surface area contributed by atoms with Crippen molar-refractivity contribution in [2.24, 2.45) is 0 Å². The van der Waals surface area contributed by atoms with Gasteiger partial charge in [-0.1, -0.05) is 22.0 Å². The normalized spacial score (nSPS) is 17.9. The first-order chi connectivity index (χ1) is 10.3. The van der Waals surface area contributed by atoms with Crippen LogP contribution in [-0.4, -0.2) is 40.1 Å². The molecule has 2 rings (SSSR count). The van der Waals surface area contributed by atoms with E-state index < -0.39 is 0 Å². The standard InChI is InChI=1S/C16H24BrNO3/c1-19-10-11-20-8-3-7-18-15-4-2-9-21-16-12-13(17)5-6-14(15)16/h5-6,12,15,18H,2-4,7-11H2,1H3. The van der Waals surface area contributed by atoms with E-state index in [4.69, 9.17) is 14.2 Å². The molecule has 0 bridgehead atoms. The lowest BCUT2D eigenvalue weighted by Gasteiger charge is -2.18. The van der Waals surface area contributed by atoms with Crippen LogP contribution in [-0.2, 0) is 9.47 Å². The summed E-state index contributed by atoms with van der Waals surface area (Å²) < 4.78 is 17.3. The van der Waals surface area contributed by atoms with Crippen LogP contribution < -0.4 is 10.1 Å². The van der Waals surface area contributed by atoms with Gasteiger partial charge in [0.15, 0.2) is 0 Å². The van der Waals surface area contributed by atoms with Crippen LogP contribution in [0, 0.1) is 0 Å². The molecule has 0 radical (unpaired) electrons. The molecule has 1 atom stereocenters. The van der Waals surface area contributed by atoms with Gasteiger partial charge in [0.2, 0.25) is 0 Å². The number of fused-ring (bicyclic) bond motifs is 1. The van der Waals surface area contributed by atoms with Gasteiger partial charge in [0.1, 0.15) is 5.75 Å². The van der Waals surface area contributed by atoms with Crippen molar-refractivity contribution in [3.05, 3.63) is 28.2 Å². The molecule has 0 fully saturated rings. The number of hydrogen-bond acceptors (Lipinski definition) is 4. The van der Waals surface area contributed by atoms with E-state index in [0.29, 0.717) is 19.3 Å². The van der Waals surface area contributed by atoms with Crippen molar-refractivity contribution in [1.29, 1.82) is 0 Å². The Morgan fingerprint density at radius 3 is 3.10 bits per heavy atom. The molecule has 1 aliphatic rings. The van der Waals surface area contributed by atoms with Gasteiger partial charge in [-0.15, -0.1) is 0 Å². The molecule has 0 saturated heterocycles. The fourth-order valence-corrected chi connectivity index (χ4v) is 2.79. The Labute approximate surface area is 135 Å². The molecule has 1 aromatic carbocycles. The van der Waals surface area contributed by atoms with Gasteiger partial charge in [-0.3, -0.25) is 0 Å². The van der Waals surface area contributed by atoms with Gasteiger partial charge in [-0.05, 0) is 37.9 Å². The largest absolute Gasteiger partial charge is 0.493 e. The Hall–Kier alpha value is -0.620. The molecule has 21 heavy (non-hydrogen) atoms. The quantitative estimate of drug-likeness (QED) is 0.724. The monoisotopic (exact) mass is 357 g/mol. The SMILES string of the molecule is COCCOCCCNC1CCCOc2cc(Br)ccc21. The predicted molar refractivity (Wildman–Crippen MR) is 86.9 cm³/mol. The van der Waals surface area contributed by atoms with Gasteiger partial charge in [0.05, 0.1) is 19.8 Å². The summed E-state index contributed by atoms with van der Waals surface area (Å²) in [4.78, 5) is 0. The van der Waals surface area contributed by atoms with Gasteiger partial charge < -0.3 is 19.5 Å². The number of nitrogens with one attached hydrogen (secondary N) is 1. The Kier molecular flexibility index (Phi) is 7.50. The van der Waals surface area contributed by atoms with E-state index in [-0.39, 0.29) is 0 Å². The summed E-state index contributed by atoms with van der Waals surface area (Å²) in [5.74, 6) is 0.996. The van der Waals surface area contributed by atoms with E-state index in [1.807, 2.05) is 0 Å². The molecule has 4 nitrogen and oxygen atoms in total. The van der Waals surface area contributed by atoms with E-state index in [1.165, 1.54) is 5.56 Å². The first kappa shape index (κ1) is 16.7. The van der Waals surface area contributed by atoms with E-state index in [0.717, 1.165) is 49.2 Å². The number of hydrogen-bond donors (Lipinski definition) is 1. The lowest BCUT2D eigenvalue weighted by atomic mass is 10.0. The Bertz CT molecular complexity index is 428. The molecule has 0 aliphatic carbocycles. The highest BCUT2D eigenvalue weighted by Crippen LogP contribution is 2.33. The van der Waals surface area contributed by atoms with Gasteiger partial charge in [0.25, 0.3) is 0 Å². The highest BCUT2D eigenvalue weighted by Gasteiger charge is 2.19. The average Bonchev–Trinajstić information content (AvgIpc) is 2.68. The van der Waals surface area contributed by atoms with Gasteiger partial charge >= 0.3 is 0 Å². The molecule has 1 heterocycles. The fourth-order valence-electron chi connectivity index (χ4n) is 2.45. The number of benzene rings is 1. The molecular weight excluding hydrogens is 334 g/mol. The van der Waals surface area contributed by atoms with Gasteiger partial charge in [-0.2, -0.15) is 0 Å². The van der Waals surface area contributed by atoms with Crippen LogP contribution in [0.1, 0.15) is 30.9 Å². The van der Waals surface area contributed by atoms with Crippen molar-refractivity contribution in [1.82, 2.24) is 5.32 Å². The van der Waals surface area contributed by atoms with Crippen LogP contribution >= 0.6 is 15.9 Å². The number of halogens is 1. The number of ether oxygens (including phenoxy) is 3. The minimum absolute atomic E-state index is 0.370. The molecule has 0 spiro atoms. The summed E-state index contributed by atoms with van der Waals surface area (Å²) in [5.41, 5.74) is 1.26. The molecular formula is C16H24BrNO3. The third kappa shape index (κ3) is 5.58. The summed E-state index contributed by atoms with van der Waals surface area (Å²) in [6, 6.07) is 6.66. The van der Waals surface area contributed by atoms with Crippen molar-refractivity contribution < 1.29 is 14.2 Å². The smallest absolute Gasteiger partial charge is 0.125 e. The third-order valence-electron chi connectivity index (χ3n) is 3.53. The van der Waals surface area contributed by atoms with Crippen LogP contribution in [0.4, 0.5) is 0 Å². The maximum absolute atomic E-state index is 5.82. The van der Waals surface area contributed by atoms with Crippen molar-refractivity contribution in [2.75, 3.05) is 40.1 Å². The van der Waals surface area contributed by atoms with Crippen molar-refractivity contribution >= 4 is 15.9 Å². The molecule has 1 unspecified atom stereocenters. The minimum atomic E-state index is 0.370. The first-order valence-corrected chi connectivity index (χ1v) is 8.33.